The van der Waals surface area contributed by atoms with Crippen molar-refractivity contribution in [2.24, 2.45) is 11.1 Å². The lowest BCUT2D eigenvalue weighted by atomic mass is 9.66. The SMILES string of the molecule is NC(=O)C1(NCc2ccccc2)CCC2(CCCC2)CC1. The van der Waals surface area contributed by atoms with Crippen LogP contribution in [0.2, 0.25) is 0 Å². The maximum absolute atomic E-state index is 12.1. The predicted molar refractivity (Wildman–Crippen MR) is 84.6 cm³/mol. The summed E-state index contributed by atoms with van der Waals surface area (Å²) in [5.74, 6) is -0.175. The molecular weight excluding hydrogens is 260 g/mol. The molecule has 2 saturated carbocycles. The first-order valence-electron chi connectivity index (χ1n) is 8.23. The Balaban J connectivity index is 1.66. The average Bonchev–Trinajstić information content (AvgIpc) is 2.96. The second-order valence-corrected chi connectivity index (χ2v) is 6.99. The summed E-state index contributed by atoms with van der Waals surface area (Å²) in [6.07, 6.45) is 9.52. The highest BCUT2D eigenvalue weighted by Crippen LogP contribution is 2.51. The van der Waals surface area contributed by atoms with Crippen molar-refractivity contribution in [3.63, 3.8) is 0 Å². The average molecular weight is 286 g/mol. The number of primary amides is 1. The van der Waals surface area contributed by atoms with Crippen LogP contribution in [0.4, 0.5) is 0 Å². The van der Waals surface area contributed by atoms with Gasteiger partial charge in [-0.05, 0) is 49.5 Å². The van der Waals surface area contributed by atoms with E-state index in [9.17, 15) is 4.79 Å². The van der Waals surface area contributed by atoms with Gasteiger partial charge in [-0.25, -0.2) is 0 Å². The van der Waals surface area contributed by atoms with Crippen LogP contribution in [0.5, 0.6) is 0 Å². The fourth-order valence-corrected chi connectivity index (χ4v) is 4.21. The first-order chi connectivity index (χ1) is 10.1. The summed E-state index contributed by atoms with van der Waals surface area (Å²) in [5, 5.41) is 3.48. The minimum absolute atomic E-state index is 0.175. The second-order valence-electron chi connectivity index (χ2n) is 6.99. The van der Waals surface area contributed by atoms with E-state index in [2.05, 4.69) is 17.4 Å². The van der Waals surface area contributed by atoms with Crippen LogP contribution in [-0.4, -0.2) is 11.4 Å². The summed E-state index contributed by atoms with van der Waals surface area (Å²) in [4.78, 5) is 12.1. The van der Waals surface area contributed by atoms with Crippen LogP contribution < -0.4 is 11.1 Å². The first-order valence-corrected chi connectivity index (χ1v) is 8.23. The molecule has 3 nitrogen and oxygen atoms in total. The van der Waals surface area contributed by atoms with Crippen molar-refractivity contribution in [2.45, 2.75) is 63.5 Å². The Hall–Kier alpha value is -1.35. The van der Waals surface area contributed by atoms with Gasteiger partial charge in [-0.15, -0.1) is 0 Å². The number of rotatable bonds is 4. The number of hydrogen-bond acceptors (Lipinski definition) is 2. The van der Waals surface area contributed by atoms with Crippen LogP contribution >= 0.6 is 0 Å². The molecule has 0 unspecified atom stereocenters. The number of carbonyl (C=O) groups excluding carboxylic acids is 1. The third-order valence-electron chi connectivity index (χ3n) is 5.77. The number of nitrogens with two attached hydrogens (primary N) is 1. The number of benzene rings is 1. The molecule has 0 bridgehead atoms. The highest BCUT2D eigenvalue weighted by molar-refractivity contribution is 5.84. The summed E-state index contributed by atoms with van der Waals surface area (Å²) in [7, 11) is 0. The normalized spacial score (nSPS) is 23.2. The molecule has 0 atom stereocenters. The van der Waals surface area contributed by atoms with Crippen molar-refractivity contribution in [3.05, 3.63) is 35.9 Å². The van der Waals surface area contributed by atoms with Gasteiger partial charge in [0.25, 0.3) is 0 Å². The quantitative estimate of drug-likeness (QED) is 0.893. The van der Waals surface area contributed by atoms with Crippen molar-refractivity contribution in [1.29, 1.82) is 0 Å². The van der Waals surface area contributed by atoms with Crippen LogP contribution in [0.1, 0.15) is 56.9 Å². The molecule has 0 aromatic heterocycles. The molecule has 0 radical (unpaired) electrons. The molecule has 0 saturated heterocycles. The molecule has 2 fully saturated rings. The molecule has 3 N–H and O–H groups in total. The first kappa shape index (κ1) is 14.6. The third-order valence-corrected chi connectivity index (χ3v) is 5.77. The minimum Gasteiger partial charge on any atom is -0.368 e. The van der Waals surface area contributed by atoms with Crippen molar-refractivity contribution in [1.82, 2.24) is 5.32 Å². The summed E-state index contributed by atoms with van der Waals surface area (Å²) in [6, 6.07) is 10.2. The Bertz CT molecular complexity index is 481. The van der Waals surface area contributed by atoms with Gasteiger partial charge in [0.05, 0.1) is 5.54 Å². The van der Waals surface area contributed by atoms with Crippen LogP contribution in [-0.2, 0) is 11.3 Å². The van der Waals surface area contributed by atoms with Gasteiger partial charge in [0, 0.05) is 6.54 Å². The van der Waals surface area contributed by atoms with Crippen molar-refractivity contribution in [2.75, 3.05) is 0 Å². The van der Waals surface area contributed by atoms with Crippen LogP contribution in [0.3, 0.4) is 0 Å². The van der Waals surface area contributed by atoms with E-state index < -0.39 is 5.54 Å². The van der Waals surface area contributed by atoms with Gasteiger partial charge in [-0.3, -0.25) is 10.1 Å². The van der Waals surface area contributed by atoms with Gasteiger partial charge >= 0.3 is 0 Å². The zero-order valence-electron chi connectivity index (χ0n) is 12.7. The summed E-state index contributed by atoms with van der Waals surface area (Å²) in [6.45, 7) is 0.719. The topological polar surface area (TPSA) is 55.1 Å². The number of nitrogens with one attached hydrogen (secondary N) is 1. The van der Waals surface area contributed by atoms with E-state index in [1.54, 1.807) is 0 Å². The van der Waals surface area contributed by atoms with E-state index >= 15 is 0 Å². The molecular formula is C18H26N2O. The van der Waals surface area contributed by atoms with E-state index in [1.807, 2.05) is 18.2 Å². The Morgan fingerprint density at radius 3 is 2.19 bits per heavy atom. The van der Waals surface area contributed by atoms with E-state index in [0.29, 0.717) is 5.41 Å². The van der Waals surface area contributed by atoms with E-state index in [-0.39, 0.29) is 5.91 Å². The van der Waals surface area contributed by atoms with Gasteiger partial charge < -0.3 is 5.73 Å². The monoisotopic (exact) mass is 286 g/mol. The van der Waals surface area contributed by atoms with Gasteiger partial charge in [0.2, 0.25) is 5.91 Å². The number of amides is 1. The Labute approximate surface area is 127 Å². The number of hydrogen-bond donors (Lipinski definition) is 2. The molecule has 0 heterocycles. The fourth-order valence-electron chi connectivity index (χ4n) is 4.21. The van der Waals surface area contributed by atoms with E-state index in [4.69, 9.17) is 5.73 Å². The molecule has 3 rings (SSSR count). The van der Waals surface area contributed by atoms with Crippen LogP contribution in [0, 0.1) is 5.41 Å². The van der Waals surface area contributed by atoms with E-state index in [1.165, 1.54) is 31.2 Å². The highest BCUT2D eigenvalue weighted by atomic mass is 16.1. The van der Waals surface area contributed by atoms with E-state index in [0.717, 1.165) is 32.2 Å². The molecule has 114 valence electrons. The summed E-state index contributed by atoms with van der Waals surface area (Å²) in [5.41, 5.74) is 6.98. The van der Waals surface area contributed by atoms with Crippen LogP contribution in [0.25, 0.3) is 0 Å². The predicted octanol–water partition coefficient (Wildman–Crippen LogP) is 3.13. The van der Waals surface area contributed by atoms with Gasteiger partial charge in [-0.2, -0.15) is 0 Å². The molecule has 21 heavy (non-hydrogen) atoms. The zero-order chi connectivity index (χ0) is 14.8. The smallest absolute Gasteiger partial charge is 0.237 e. The lowest BCUT2D eigenvalue weighted by Gasteiger charge is -2.44. The second kappa shape index (κ2) is 5.80. The highest BCUT2D eigenvalue weighted by Gasteiger charge is 2.46. The van der Waals surface area contributed by atoms with Gasteiger partial charge in [0.15, 0.2) is 0 Å². The molecule has 1 amide bonds. The van der Waals surface area contributed by atoms with Crippen molar-refractivity contribution >= 4 is 5.91 Å². The van der Waals surface area contributed by atoms with Crippen molar-refractivity contribution < 1.29 is 4.79 Å². The minimum atomic E-state index is -0.496. The summed E-state index contributed by atoms with van der Waals surface area (Å²) >= 11 is 0. The zero-order valence-corrected chi connectivity index (χ0v) is 12.7. The Kier molecular flexibility index (Phi) is 4.03. The largest absolute Gasteiger partial charge is 0.368 e. The molecule has 0 aliphatic heterocycles. The summed E-state index contributed by atoms with van der Waals surface area (Å²) < 4.78 is 0. The molecule has 2 aliphatic rings. The molecule has 3 heteroatoms. The maximum atomic E-state index is 12.1. The standard InChI is InChI=1S/C18H26N2O/c19-16(21)18(20-14-15-6-2-1-3-7-15)12-10-17(11-13-18)8-4-5-9-17/h1-3,6-7,20H,4-5,8-14H2,(H2,19,21). The molecule has 1 spiro atoms. The Morgan fingerprint density at radius 2 is 1.62 bits per heavy atom. The van der Waals surface area contributed by atoms with Gasteiger partial charge in [-0.1, -0.05) is 43.2 Å². The van der Waals surface area contributed by atoms with Gasteiger partial charge in [0.1, 0.15) is 0 Å². The van der Waals surface area contributed by atoms with Crippen LogP contribution in [0.15, 0.2) is 30.3 Å². The molecule has 2 aliphatic carbocycles. The maximum Gasteiger partial charge on any atom is 0.237 e. The van der Waals surface area contributed by atoms with Crippen molar-refractivity contribution in [3.8, 4) is 0 Å². The molecule has 1 aromatic carbocycles. The fraction of sp³-hybridized carbons (Fsp3) is 0.611. The lowest BCUT2D eigenvalue weighted by Crippen LogP contribution is -2.57. The number of carbonyl (C=O) groups is 1. The lowest BCUT2D eigenvalue weighted by molar-refractivity contribution is -0.127. The third kappa shape index (κ3) is 2.98. The Morgan fingerprint density at radius 1 is 1.00 bits per heavy atom. The molecule has 1 aromatic rings.